The fourth-order valence-corrected chi connectivity index (χ4v) is 4.75. The number of halogens is 1. The van der Waals surface area contributed by atoms with Crippen molar-refractivity contribution in [3.05, 3.63) is 72.6 Å². The molecule has 0 fully saturated rings. The van der Waals surface area contributed by atoms with Crippen molar-refractivity contribution >= 4 is 15.9 Å². The lowest BCUT2D eigenvalue weighted by atomic mass is 10.0. The molecule has 0 aliphatic heterocycles. The second kappa shape index (κ2) is 11.0. The van der Waals surface area contributed by atoms with Gasteiger partial charge in [-0.3, -0.25) is 10.0 Å². The zero-order valence-corrected chi connectivity index (χ0v) is 18.3. The highest BCUT2D eigenvalue weighted by molar-refractivity contribution is 7.89. The first kappa shape index (κ1) is 24.5. The predicted molar refractivity (Wildman–Crippen MR) is 114 cm³/mol. The second-order valence-corrected chi connectivity index (χ2v) is 9.13. The van der Waals surface area contributed by atoms with Gasteiger partial charge in [0.15, 0.2) is 0 Å². The van der Waals surface area contributed by atoms with Crippen LogP contribution < -0.4 is 10.2 Å². The molecule has 1 amide bonds. The molecule has 2 aromatic rings. The summed E-state index contributed by atoms with van der Waals surface area (Å²) in [6.45, 7) is 7.18. The maximum absolute atomic E-state index is 13.5. The van der Waals surface area contributed by atoms with Gasteiger partial charge in [-0.05, 0) is 54.3 Å². The lowest BCUT2D eigenvalue weighted by Gasteiger charge is -2.32. The van der Waals surface area contributed by atoms with Crippen LogP contribution >= 0.6 is 0 Å². The topological polar surface area (TPSA) is 95.9 Å². The second-order valence-electron chi connectivity index (χ2n) is 7.24. The van der Waals surface area contributed by atoms with Gasteiger partial charge in [-0.1, -0.05) is 32.1 Å². The Bertz CT molecular complexity index is 976. The number of hydroxylamine groups is 1. The fourth-order valence-electron chi connectivity index (χ4n) is 3.04. The van der Waals surface area contributed by atoms with E-state index in [1.54, 1.807) is 25.4 Å². The number of nitrogens with zero attached hydrogens (tertiary/aromatic N) is 1. The Balaban J connectivity index is 2.43. The maximum Gasteiger partial charge on any atom is 0.262 e. The van der Waals surface area contributed by atoms with Gasteiger partial charge in [-0.25, -0.2) is 18.3 Å². The van der Waals surface area contributed by atoms with Gasteiger partial charge in [0, 0.05) is 6.54 Å². The summed E-state index contributed by atoms with van der Waals surface area (Å²) < 4.78 is 46.8. The lowest BCUT2D eigenvalue weighted by Crippen LogP contribution is -2.51. The number of benzene rings is 2. The molecule has 7 nitrogen and oxygen atoms in total. The van der Waals surface area contributed by atoms with E-state index < -0.39 is 33.7 Å². The van der Waals surface area contributed by atoms with Crippen LogP contribution in [0.4, 0.5) is 4.39 Å². The smallest absolute Gasteiger partial charge is 0.262 e. The Hall–Kier alpha value is -2.75. The summed E-state index contributed by atoms with van der Waals surface area (Å²) in [4.78, 5) is 12.3. The minimum absolute atomic E-state index is 0.0397. The number of hydrogen-bond donors (Lipinski definition) is 2. The van der Waals surface area contributed by atoms with E-state index in [1.807, 2.05) is 0 Å². The van der Waals surface area contributed by atoms with Gasteiger partial charge in [0.05, 0.1) is 11.5 Å². The Morgan fingerprint density at radius 1 is 1.19 bits per heavy atom. The molecule has 0 saturated carbocycles. The summed E-state index contributed by atoms with van der Waals surface area (Å²) in [5.74, 6) is -1.27. The lowest BCUT2D eigenvalue weighted by molar-refractivity contribution is -0.134. The van der Waals surface area contributed by atoms with E-state index in [0.29, 0.717) is 24.3 Å². The van der Waals surface area contributed by atoms with Gasteiger partial charge in [-0.2, -0.15) is 4.31 Å². The molecular weight excluding hydrogens is 423 g/mol. The zero-order valence-electron chi connectivity index (χ0n) is 17.5. The van der Waals surface area contributed by atoms with Crippen molar-refractivity contribution in [1.82, 2.24) is 9.79 Å². The van der Waals surface area contributed by atoms with Crippen molar-refractivity contribution in [2.45, 2.75) is 37.8 Å². The number of carbonyl (C=O) groups is 1. The normalized spacial score (nSPS) is 12.6. The minimum Gasteiger partial charge on any atom is -0.493 e. The Labute approximate surface area is 182 Å². The van der Waals surface area contributed by atoms with Crippen LogP contribution in [0.1, 0.15) is 25.8 Å². The van der Waals surface area contributed by atoms with Gasteiger partial charge in [0.2, 0.25) is 10.0 Å². The molecule has 0 aromatic heterocycles. The molecule has 0 aliphatic rings. The summed E-state index contributed by atoms with van der Waals surface area (Å²) >= 11 is 0. The third kappa shape index (κ3) is 6.36. The van der Waals surface area contributed by atoms with Crippen molar-refractivity contribution in [3.63, 3.8) is 0 Å². The van der Waals surface area contributed by atoms with Gasteiger partial charge < -0.3 is 4.74 Å². The number of sulfonamides is 1. The molecule has 2 N–H and O–H groups in total. The van der Waals surface area contributed by atoms with Crippen LogP contribution in [0.3, 0.4) is 0 Å². The predicted octanol–water partition coefficient (Wildman–Crippen LogP) is 3.50. The summed E-state index contributed by atoms with van der Waals surface area (Å²) in [6.07, 6.45) is 2.36. The van der Waals surface area contributed by atoms with Crippen molar-refractivity contribution in [3.8, 4) is 5.75 Å². The highest BCUT2D eigenvalue weighted by atomic mass is 32.2. The molecule has 9 heteroatoms. The molecule has 0 saturated heterocycles. The van der Waals surface area contributed by atoms with Crippen LogP contribution in [-0.4, -0.2) is 36.5 Å². The quantitative estimate of drug-likeness (QED) is 0.236. The van der Waals surface area contributed by atoms with Crippen LogP contribution in [0.25, 0.3) is 0 Å². The van der Waals surface area contributed by atoms with Gasteiger partial charge in [0.25, 0.3) is 5.91 Å². The highest BCUT2D eigenvalue weighted by Gasteiger charge is 2.38. The standard InChI is InChI=1S/C22H27FN2O5S/c1-4-5-14-30-19-10-12-20(13-11-19)31(28,29)25(21(16(2)3)22(26)24-27)15-17-6-8-18(23)9-7-17/h4,6-13,16,21,27H,1,5,14-15H2,2-3H3,(H,24,26)/t21-/m1/s1. The first-order valence-corrected chi connectivity index (χ1v) is 11.2. The fraction of sp³-hybridized carbons (Fsp3) is 0.318. The molecule has 0 heterocycles. The van der Waals surface area contributed by atoms with Crippen LogP contribution in [0, 0.1) is 11.7 Å². The first-order chi connectivity index (χ1) is 14.7. The molecule has 0 aliphatic carbocycles. The third-order valence-corrected chi connectivity index (χ3v) is 6.43. The summed E-state index contributed by atoms with van der Waals surface area (Å²) in [6, 6.07) is 9.98. The van der Waals surface area contributed by atoms with Crippen molar-refractivity contribution in [2.24, 2.45) is 5.92 Å². The van der Waals surface area contributed by atoms with Crippen molar-refractivity contribution < 1.29 is 27.5 Å². The number of carbonyl (C=O) groups excluding carboxylic acids is 1. The molecule has 0 radical (unpaired) electrons. The van der Waals surface area contributed by atoms with Crippen LogP contribution in [0.15, 0.2) is 66.1 Å². The first-order valence-electron chi connectivity index (χ1n) is 9.74. The largest absolute Gasteiger partial charge is 0.493 e. The van der Waals surface area contributed by atoms with E-state index in [2.05, 4.69) is 6.58 Å². The van der Waals surface area contributed by atoms with Crippen LogP contribution in [0.5, 0.6) is 5.75 Å². The molecule has 2 aromatic carbocycles. The minimum atomic E-state index is -4.15. The summed E-state index contributed by atoms with van der Waals surface area (Å²) in [5, 5.41) is 9.19. The van der Waals surface area contributed by atoms with Crippen LogP contribution in [-0.2, 0) is 21.4 Å². The maximum atomic E-state index is 13.5. The molecule has 0 spiro atoms. The molecule has 168 valence electrons. The average molecular weight is 451 g/mol. The Morgan fingerprint density at radius 2 is 1.81 bits per heavy atom. The highest BCUT2D eigenvalue weighted by Crippen LogP contribution is 2.26. The van der Waals surface area contributed by atoms with E-state index in [-0.39, 0.29) is 11.4 Å². The van der Waals surface area contributed by atoms with E-state index in [0.717, 1.165) is 4.31 Å². The van der Waals surface area contributed by atoms with Crippen LogP contribution in [0.2, 0.25) is 0 Å². The summed E-state index contributed by atoms with van der Waals surface area (Å²) in [5.41, 5.74) is 2.04. The van der Waals surface area contributed by atoms with E-state index in [4.69, 9.17) is 4.74 Å². The number of rotatable bonds is 11. The number of hydrogen-bond acceptors (Lipinski definition) is 5. The SMILES string of the molecule is C=CCCOc1ccc(S(=O)(=O)N(Cc2ccc(F)cc2)[C@@H](C(=O)NO)C(C)C)cc1. The van der Waals surface area contributed by atoms with Gasteiger partial charge >= 0.3 is 0 Å². The van der Waals surface area contributed by atoms with E-state index >= 15 is 0 Å². The number of nitrogens with one attached hydrogen (secondary N) is 1. The van der Waals surface area contributed by atoms with Gasteiger partial charge in [-0.15, -0.1) is 6.58 Å². The molecular formula is C22H27FN2O5S. The monoisotopic (exact) mass is 450 g/mol. The summed E-state index contributed by atoms with van der Waals surface area (Å²) in [7, 11) is -4.15. The molecule has 31 heavy (non-hydrogen) atoms. The number of amides is 1. The molecule has 0 bridgehead atoms. The van der Waals surface area contributed by atoms with E-state index in [1.165, 1.54) is 48.5 Å². The zero-order chi connectivity index (χ0) is 23.0. The average Bonchev–Trinajstić information content (AvgIpc) is 2.74. The van der Waals surface area contributed by atoms with Gasteiger partial charge in [0.1, 0.15) is 17.6 Å². The molecule has 1 atom stereocenters. The molecule has 0 unspecified atom stereocenters. The van der Waals surface area contributed by atoms with E-state index in [9.17, 15) is 22.8 Å². The van der Waals surface area contributed by atoms with Crippen molar-refractivity contribution in [2.75, 3.05) is 6.61 Å². The molecule has 2 rings (SSSR count). The van der Waals surface area contributed by atoms with Crippen molar-refractivity contribution in [1.29, 1.82) is 0 Å². The third-order valence-electron chi connectivity index (χ3n) is 4.59. The Kier molecular flexibility index (Phi) is 8.73. The number of ether oxygens (including phenoxy) is 1. The Morgan fingerprint density at radius 3 is 2.32 bits per heavy atom.